The number of allylic oxidation sites excluding steroid dienone is 2. The van der Waals surface area contributed by atoms with E-state index in [4.69, 9.17) is 9.47 Å². The highest BCUT2D eigenvalue weighted by Gasteiger charge is 2.40. The Morgan fingerprint density at radius 2 is 1.73 bits per heavy atom. The minimum absolute atomic E-state index is 0.203. The Morgan fingerprint density at radius 1 is 1.09 bits per heavy atom. The third kappa shape index (κ3) is 4.14. The Hall–Kier alpha value is -0.340. The molecule has 0 radical (unpaired) electrons. The molecule has 2 aliphatic rings. The van der Waals surface area contributed by atoms with E-state index in [9.17, 15) is 0 Å². The summed E-state index contributed by atoms with van der Waals surface area (Å²) in [6, 6.07) is 0. The lowest BCUT2D eigenvalue weighted by Crippen LogP contribution is -2.47. The summed E-state index contributed by atoms with van der Waals surface area (Å²) in [6.45, 7) is 15.4. The van der Waals surface area contributed by atoms with Gasteiger partial charge in [0.15, 0.2) is 5.79 Å². The molecule has 1 fully saturated rings. The zero-order chi connectivity index (χ0) is 16.4. The van der Waals surface area contributed by atoms with Gasteiger partial charge in [-0.3, -0.25) is 0 Å². The van der Waals surface area contributed by atoms with Crippen LogP contribution < -0.4 is 0 Å². The zero-order valence-electron chi connectivity index (χ0n) is 15.6. The molecule has 0 aromatic rings. The predicted molar refractivity (Wildman–Crippen MR) is 92.8 cm³/mol. The molecule has 128 valence electrons. The monoisotopic (exact) mass is 308 g/mol. The number of hydrogen-bond acceptors (Lipinski definition) is 2. The first-order chi connectivity index (χ1) is 10.2. The molecule has 0 spiro atoms. The van der Waals surface area contributed by atoms with Crippen LogP contribution >= 0.6 is 0 Å². The van der Waals surface area contributed by atoms with Gasteiger partial charge in [-0.1, -0.05) is 45.8 Å². The van der Waals surface area contributed by atoms with Gasteiger partial charge in [-0.2, -0.15) is 0 Å². The molecule has 0 bridgehead atoms. The fourth-order valence-corrected chi connectivity index (χ4v) is 4.26. The molecule has 0 aromatic heterocycles. The molecule has 1 heterocycles. The zero-order valence-corrected chi connectivity index (χ0v) is 15.6. The maximum Gasteiger partial charge on any atom is 0.165 e. The van der Waals surface area contributed by atoms with E-state index in [1.165, 1.54) is 25.7 Å². The van der Waals surface area contributed by atoms with E-state index in [1.54, 1.807) is 5.57 Å². The van der Waals surface area contributed by atoms with Gasteiger partial charge in [0.1, 0.15) is 0 Å². The van der Waals surface area contributed by atoms with Crippen LogP contribution in [0.15, 0.2) is 11.6 Å². The molecular formula is C20H36O2. The molecule has 1 saturated heterocycles. The molecule has 0 aromatic carbocycles. The number of rotatable bonds is 5. The number of ether oxygens (including phenoxy) is 2. The van der Waals surface area contributed by atoms with Crippen molar-refractivity contribution in [1.82, 2.24) is 0 Å². The van der Waals surface area contributed by atoms with E-state index in [0.29, 0.717) is 11.3 Å². The van der Waals surface area contributed by atoms with Crippen LogP contribution in [0.4, 0.5) is 0 Å². The normalized spacial score (nSPS) is 38.6. The lowest BCUT2D eigenvalue weighted by molar-refractivity contribution is -0.297. The van der Waals surface area contributed by atoms with Gasteiger partial charge in [-0.25, -0.2) is 0 Å². The van der Waals surface area contributed by atoms with Crippen molar-refractivity contribution in [2.75, 3.05) is 13.2 Å². The van der Waals surface area contributed by atoms with Crippen molar-refractivity contribution in [3.63, 3.8) is 0 Å². The van der Waals surface area contributed by atoms with Gasteiger partial charge in [0.05, 0.1) is 13.2 Å². The second-order valence-corrected chi connectivity index (χ2v) is 8.84. The van der Waals surface area contributed by atoms with Gasteiger partial charge < -0.3 is 9.47 Å². The molecule has 1 aliphatic carbocycles. The highest BCUT2D eigenvalue weighted by atomic mass is 16.7. The summed E-state index contributed by atoms with van der Waals surface area (Å²) in [5, 5.41) is 0. The molecule has 2 heteroatoms. The van der Waals surface area contributed by atoms with Gasteiger partial charge in [-0.15, -0.1) is 0 Å². The topological polar surface area (TPSA) is 18.5 Å². The standard InChI is InChI=1S/C20H36O2/c1-7-11-19(5)14-21-20(6,22-15-19)13-10-17-16(2)9-8-12-18(17,3)4/h9,17H,7-8,10-15H2,1-6H3. The lowest BCUT2D eigenvalue weighted by Gasteiger charge is -2.45. The highest BCUT2D eigenvalue weighted by Crippen LogP contribution is 2.45. The average molecular weight is 309 g/mol. The van der Waals surface area contributed by atoms with E-state index in [0.717, 1.165) is 26.1 Å². The van der Waals surface area contributed by atoms with Crippen LogP contribution in [0.2, 0.25) is 0 Å². The first-order valence-corrected chi connectivity index (χ1v) is 9.14. The van der Waals surface area contributed by atoms with Crippen molar-refractivity contribution in [2.24, 2.45) is 16.7 Å². The second kappa shape index (κ2) is 6.65. The van der Waals surface area contributed by atoms with E-state index < -0.39 is 0 Å². The van der Waals surface area contributed by atoms with Crippen LogP contribution in [0.3, 0.4) is 0 Å². The van der Waals surface area contributed by atoms with E-state index in [1.807, 2.05) is 0 Å². The highest BCUT2D eigenvalue weighted by molar-refractivity contribution is 5.12. The molecular weight excluding hydrogens is 272 g/mol. The van der Waals surface area contributed by atoms with Crippen LogP contribution in [0.5, 0.6) is 0 Å². The molecule has 22 heavy (non-hydrogen) atoms. The second-order valence-electron chi connectivity index (χ2n) is 8.84. The van der Waals surface area contributed by atoms with E-state index in [2.05, 4.69) is 47.6 Å². The fourth-order valence-electron chi connectivity index (χ4n) is 4.26. The third-order valence-electron chi connectivity index (χ3n) is 5.94. The van der Waals surface area contributed by atoms with E-state index >= 15 is 0 Å². The molecule has 2 rings (SSSR count). The van der Waals surface area contributed by atoms with Crippen molar-refractivity contribution in [1.29, 1.82) is 0 Å². The summed E-state index contributed by atoms with van der Waals surface area (Å²) in [7, 11) is 0. The lowest BCUT2D eigenvalue weighted by atomic mass is 9.66. The van der Waals surface area contributed by atoms with Crippen LogP contribution in [0, 0.1) is 16.7 Å². The summed E-state index contributed by atoms with van der Waals surface area (Å²) in [5.74, 6) is 0.273. The Morgan fingerprint density at radius 3 is 2.27 bits per heavy atom. The first-order valence-electron chi connectivity index (χ1n) is 9.14. The summed E-state index contributed by atoms with van der Waals surface area (Å²) >= 11 is 0. The molecule has 0 saturated carbocycles. The van der Waals surface area contributed by atoms with Gasteiger partial charge >= 0.3 is 0 Å². The summed E-state index contributed by atoms with van der Waals surface area (Å²) in [4.78, 5) is 0. The SMILES string of the molecule is CCCC1(C)COC(C)(CCC2C(C)=CCCC2(C)C)OC1. The quantitative estimate of drug-likeness (QED) is 0.605. The van der Waals surface area contributed by atoms with Crippen molar-refractivity contribution in [3.05, 3.63) is 11.6 Å². The summed E-state index contributed by atoms with van der Waals surface area (Å²) in [6.07, 6.45) is 9.49. The van der Waals surface area contributed by atoms with Crippen molar-refractivity contribution < 1.29 is 9.47 Å². The van der Waals surface area contributed by atoms with Crippen LogP contribution in [0.1, 0.15) is 80.1 Å². The Balaban J connectivity index is 1.91. The first kappa shape index (κ1) is 18.0. The molecule has 2 nitrogen and oxygen atoms in total. The molecule has 0 N–H and O–H groups in total. The van der Waals surface area contributed by atoms with Crippen LogP contribution in [0.25, 0.3) is 0 Å². The number of hydrogen-bond donors (Lipinski definition) is 0. The maximum atomic E-state index is 6.19. The summed E-state index contributed by atoms with van der Waals surface area (Å²) in [5.41, 5.74) is 2.17. The van der Waals surface area contributed by atoms with Gasteiger partial charge in [0.25, 0.3) is 0 Å². The predicted octanol–water partition coefficient (Wildman–Crippen LogP) is 5.72. The Bertz CT molecular complexity index is 400. The van der Waals surface area contributed by atoms with Crippen LogP contribution in [-0.2, 0) is 9.47 Å². The minimum atomic E-state index is -0.388. The van der Waals surface area contributed by atoms with Gasteiger partial charge in [0, 0.05) is 11.8 Å². The van der Waals surface area contributed by atoms with Gasteiger partial charge in [0.2, 0.25) is 0 Å². The van der Waals surface area contributed by atoms with Crippen molar-refractivity contribution >= 4 is 0 Å². The third-order valence-corrected chi connectivity index (χ3v) is 5.94. The van der Waals surface area contributed by atoms with Gasteiger partial charge in [-0.05, 0) is 50.9 Å². The Kier molecular flexibility index (Phi) is 5.44. The smallest absolute Gasteiger partial charge is 0.165 e. The van der Waals surface area contributed by atoms with Crippen molar-refractivity contribution in [2.45, 2.75) is 85.9 Å². The average Bonchev–Trinajstić information content (AvgIpc) is 2.42. The minimum Gasteiger partial charge on any atom is -0.350 e. The van der Waals surface area contributed by atoms with E-state index in [-0.39, 0.29) is 11.2 Å². The molecule has 1 unspecified atom stereocenters. The fraction of sp³-hybridized carbons (Fsp3) is 0.900. The van der Waals surface area contributed by atoms with Crippen LogP contribution in [-0.4, -0.2) is 19.0 Å². The van der Waals surface area contributed by atoms with Crippen molar-refractivity contribution in [3.8, 4) is 0 Å². The molecule has 1 aliphatic heterocycles. The largest absolute Gasteiger partial charge is 0.350 e. The molecule has 0 amide bonds. The maximum absolute atomic E-state index is 6.19. The summed E-state index contributed by atoms with van der Waals surface area (Å²) < 4.78 is 12.4. The molecule has 1 atom stereocenters. The Labute approximate surface area is 137 Å².